The molecule has 6 rings (SSSR count). The highest BCUT2D eigenvalue weighted by atomic mass is 16.7. The highest BCUT2D eigenvalue weighted by molar-refractivity contribution is 6.10. The Bertz CT molecular complexity index is 1680. The number of hydrogen-bond acceptors (Lipinski definition) is 5. The molecule has 0 spiro atoms. The molecular weight excluding hydrogens is 432 g/mol. The molecule has 3 heterocycles. The lowest BCUT2D eigenvalue weighted by Crippen LogP contribution is -2.14. The maximum absolute atomic E-state index is 13.1. The predicted octanol–water partition coefficient (Wildman–Crippen LogP) is 4.46. The van der Waals surface area contributed by atoms with E-state index in [-0.39, 0.29) is 18.3 Å². The van der Waals surface area contributed by atoms with Gasteiger partial charge in [-0.15, -0.1) is 0 Å². The van der Waals surface area contributed by atoms with Crippen molar-refractivity contribution < 1.29 is 14.3 Å². The Hall–Kier alpha value is -4.59. The molecule has 0 saturated heterocycles. The molecule has 0 saturated carbocycles. The van der Waals surface area contributed by atoms with Gasteiger partial charge in [-0.2, -0.15) is 0 Å². The van der Waals surface area contributed by atoms with Gasteiger partial charge in [0.05, 0.1) is 22.1 Å². The second kappa shape index (κ2) is 7.48. The van der Waals surface area contributed by atoms with Crippen molar-refractivity contribution in [3.05, 3.63) is 87.8 Å². The van der Waals surface area contributed by atoms with Crippen LogP contribution < -0.4 is 20.3 Å². The molecule has 5 aromatic rings. The minimum atomic E-state index is -0.284. The first kappa shape index (κ1) is 20.0. The molecule has 0 aliphatic carbocycles. The number of aryl methyl sites for hydroxylation is 2. The van der Waals surface area contributed by atoms with Crippen molar-refractivity contribution in [2.45, 2.75) is 13.8 Å². The van der Waals surface area contributed by atoms with Gasteiger partial charge in [-0.3, -0.25) is 19.7 Å². The number of fused-ring (bicyclic) bond motifs is 4. The zero-order chi connectivity index (χ0) is 23.4. The Labute approximate surface area is 193 Å². The predicted molar refractivity (Wildman–Crippen MR) is 129 cm³/mol. The number of carbonyl (C=O) groups excluding carboxylic acids is 1. The molecule has 8 nitrogen and oxygen atoms in total. The van der Waals surface area contributed by atoms with Crippen molar-refractivity contribution in [3.8, 4) is 17.2 Å². The third-order valence-electron chi connectivity index (χ3n) is 6.17. The minimum absolute atomic E-state index is 0.167. The molecule has 1 amide bonds. The van der Waals surface area contributed by atoms with Crippen LogP contribution in [0.2, 0.25) is 0 Å². The molecule has 1 aliphatic heterocycles. The van der Waals surface area contributed by atoms with Gasteiger partial charge in [0.1, 0.15) is 0 Å². The Morgan fingerprint density at radius 2 is 1.82 bits per heavy atom. The summed E-state index contributed by atoms with van der Waals surface area (Å²) in [7, 11) is 0. The standard InChI is InChI=1S/C26H20N4O4/c1-14-3-6-18(9-15(14)2)30-26(32)20-12-27-21-7-4-16(10-19(21)24(20)29-30)25(31)28-17-5-8-22-23(11-17)34-13-33-22/h3-12,29H,13H2,1-2H3,(H,28,31). The second-order valence-corrected chi connectivity index (χ2v) is 8.32. The summed E-state index contributed by atoms with van der Waals surface area (Å²) in [5.74, 6) is 0.954. The lowest BCUT2D eigenvalue weighted by Gasteiger charge is -2.07. The van der Waals surface area contributed by atoms with Crippen LogP contribution in [0.1, 0.15) is 21.5 Å². The van der Waals surface area contributed by atoms with Crippen LogP contribution in [-0.4, -0.2) is 27.5 Å². The molecule has 0 fully saturated rings. The number of H-pyrrole nitrogens is 1. The van der Waals surface area contributed by atoms with E-state index in [0.717, 1.165) is 16.8 Å². The molecular formula is C26H20N4O4. The largest absolute Gasteiger partial charge is 0.454 e. The fourth-order valence-electron chi connectivity index (χ4n) is 4.12. The number of carbonyl (C=O) groups is 1. The number of hydrogen-bond donors (Lipinski definition) is 2. The second-order valence-electron chi connectivity index (χ2n) is 8.32. The number of aromatic amines is 1. The quantitative estimate of drug-likeness (QED) is 0.421. The third-order valence-corrected chi connectivity index (χ3v) is 6.17. The maximum atomic E-state index is 13.1. The van der Waals surface area contributed by atoms with Gasteiger partial charge in [0.25, 0.3) is 11.5 Å². The molecule has 34 heavy (non-hydrogen) atoms. The van der Waals surface area contributed by atoms with Gasteiger partial charge in [-0.05, 0) is 67.4 Å². The number of amides is 1. The van der Waals surface area contributed by atoms with Crippen molar-refractivity contribution >= 4 is 33.4 Å². The Balaban J connectivity index is 1.41. The minimum Gasteiger partial charge on any atom is -0.454 e. The van der Waals surface area contributed by atoms with Crippen LogP contribution in [-0.2, 0) is 0 Å². The first-order valence-corrected chi connectivity index (χ1v) is 10.8. The van der Waals surface area contributed by atoms with E-state index in [4.69, 9.17) is 9.47 Å². The van der Waals surface area contributed by atoms with Crippen molar-refractivity contribution in [1.82, 2.24) is 14.8 Å². The van der Waals surface area contributed by atoms with E-state index >= 15 is 0 Å². The van der Waals surface area contributed by atoms with Crippen LogP contribution in [0.4, 0.5) is 5.69 Å². The van der Waals surface area contributed by atoms with E-state index in [1.807, 2.05) is 32.0 Å². The van der Waals surface area contributed by atoms with Crippen LogP contribution in [0, 0.1) is 13.8 Å². The molecule has 2 aromatic heterocycles. The van der Waals surface area contributed by atoms with Gasteiger partial charge in [-0.25, -0.2) is 4.68 Å². The normalized spacial score (nSPS) is 12.4. The highest BCUT2D eigenvalue weighted by Gasteiger charge is 2.17. The number of benzene rings is 3. The van der Waals surface area contributed by atoms with Crippen LogP contribution in [0.5, 0.6) is 11.5 Å². The Morgan fingerprint density at radius 3 is 2.68 bits per heavy atom. The van der Waals surface area contributed by atoms with Gasteiger partial charge < -0.3 is 14.8 Å². The lowest BCUT2D eigenvalue weighted by molar-refractivity contribution is 0.102. The summed E-state index contributed by atoms with van der Waals surface area (Å²) >= 11 is 0. The summed E-state index contributed by atoms with van der Waals surface area (Å²) in [5, 5.41) is 7.25. The zero-order valence-corrected chi connectivity index (χ0v) is 18.5. The topological polar surface area (TPSA) is 98.2 Å². The summed E-state index contributed by atoms with van der Waals surface area (Å²) in [6.45, 7) is 4.20. The van der Waals surface area contributed by atoms with Crippen LogP contribution >= 0.6 is 0 Å². The Morgan fingerprint density at radius 1 is 0.971 bits per heavy atom. The van der Waals surface area contributed by atoms with Crippen molar-refractivity contribution in [1.29, 1.82) is 0 Å². The van der Waals surface area contributed by atoms with Crippen LogP contribution in [0.3, 0.4) is 0 Å². The fourth-order valence-corrected chi connectivity index (χ4v) is 4.12. The maximum Gasteiger partial charge on any atom is 0.280 e. The van der Waals surface area contributed by atoms with E-state index in [0.29, 0.717) is 44.6 Å². The van der Waals surface area contributed by atoms with E-state index in [2.05, 4.69) is 15.4 Å². The van der Waals surface area contributed by atoms with Gasteiger partial charge >= 0.3 is 0 Å². The highest BCUT2D eigenvalue weighted by Crippen LogP contribution is 2.34. The number of rotatable bonds is 3. The monoisotopic (exact) mass is 452 g/mol. The molecule has 0 radical (unpaired) electrons. The number of pyridine rings is 1. The molecule has 1 aliphatic rings. The Kier molecular flexibility index (Phi) is 4.41. The molecule has 0 bridgehead atoms. The number of nitrogens with zero attached hydrogens (tertiary/aromatic N) is 2. The molecule has 8 heteroatoms. The van der Waals surface area contributed by atoms with Crippen molar-refractivity contribution in [2.24, 2.45) is 0 Å². The average molecular weight is 452 g/mol. The summed E-state index contributed by atoms with van der Waals surface area (Å²) < 4.78 is 12.2. The van der Waals surface area contributed by atoms with Crippen LogP contribution in [0.25, 0.3) is 27.5 Å². The number of ether oxygens (including phenoxy) is 2. The zero-order valence-electron chi connectivity index (χ0n) is 18.5. The molecule has 2 N–H and O–H groups in total. The molecule has 0 unspecified atom stereocenters. The first-order valence-electron chi connectivity index (χ1n) is 10.8. The van der Waals surface area contributed by atoms with Crippen molar-refractivity contribution in [2.75, 3.05) is 12.1 Å². The summed E-state index contributed by atoms with van der Waals surface area (Å²) in [6, 6.07) is 16.3. The van der Waals surface area contributed by atoms with Crippen molar-refractivity contribution in [3.63, 3.8) is 0 Å². The molecule has 0 atom stereocenters. The SMILES string of the molecule is Cc1ccc(-n2[nH]c3c(cnc4ccc(C(=O)Nc5ccc6c(c5)OCO6)cc43)c2=O)cc1C. The van der Waals surface area contributed by atoms with E-state index in [1.54, 1.807) is 42.6 Å². The fraction of sp³-hybridized carbons (Fsp3) is 0.115. The average Bonchev–Trinajstić information content (AvgIpc) is 3.44. The summed E-state index contributed by atoms with van der Waals surface area (Å²) in [6.07, 6.45) is 1.57. The smallest absolute Gasteiger partial charge is 0.280 e. The summed E-state index contributed by atoms with van der Waals surface area (Å²) in [4.78, 5) is 30.5. The first-order chi connectivity index (χ1) is 16.5. The van der Waals surface area contributed by atoms with Gasteiger partial charge in [0, 0.05) is 28.9 Å². The molecule has 168 valence electrons. The number of aromatic nitrogens is 3. The van der Waals surface area contributed by atoms with E-state index in [1.165, 1.54) is 4.68 Å². The number of anilines is 1. The summed E-state index contributed by atoms with van der Waals surface area (Å²) in [5.41, 5.74) is 5.15. The third kappa shape index (κ3) is 3.19. The van der Waals surface area contributed by atoms with Crippen LogP contribution in [0.15, 0.2) is 65.6 Å². The van der Waals surface area contributed by atoms with E-state index < -0.39 is 0 Å². The van der Waals surface area contributed by atoms with Gasteiger partial charge in [0.15, 0.2) is 11.5 Å². The molecule has 3 aromatic carbocycles. The van der Waals surface area contributed by atoms with E-state index in [9.17, 15) is 9.59 Å². The van der Waals surface area contributed by atoms with Gasteiger partial charge in [0.2, 0.25) is 6.79 Å². The lowest BCUT2D eigenvalue weighted by atomic mass is 10.1. The van der Waals surface area contributed by atoms with Gasteiger partial charge in [-0.1, -0.05) is 6.07 Å². The number of nitrogens with one attached hydrogen (secondary N) is 2.